The Morgan fingerprint density at radius 3 is 2.15 bits per heavy atom. The van der Waals surface area contributed by atoms with Crippen LogP contribution in [0.5, 0.6) is 0 Å². The Labute approximate surface area is 158 Å². The number of rotatable bonds is 6. The predicted molar refractivity (Wildman–Crippen MR) is 108 cm³/mol. The number of benzene rings is 2. The molecule has 138 valence electrons. The highest BCUT2D eigenvalue weighted by molar-refractivity contribution is 6.34. The van der Waals surface area contributed by atoms with E-state index in [-0.39, 0.29) is 11.8 Å². The standard InChI is InChI=1S/C19H23ClN4O2/c1-12(19(26)23-14-5-8-16(9-6-14)24(3)4)21-15-7-10-18(17(20)11-15)22-13(2)25/h5-12,21H,1-4H3,(H,22,25)(H,23,26)/t12-/m1/s1. The van der Waals surface area contributed by atoms with Crippen molar-refractivity contribution >= 4 is 46.2 Å². The van der Waals surface area contributed by atoms with Crippen LogP contribution in [-0.4, -0.2) is 32.0 Å². The maximum Gasteiger partial charge on any atom is 0.246 e. The van der Waals surface area contributed by atoms with Gasteiger partial charge in [-0.2, -0.15) is 0 Å². The first-order chi connectivity index (χ1) is 12.3. The number of hydrogen-bond acceptors (Lipinski definition) is 4. The van der Waals surface area contributed by atoms with Crippen molar-refractivity contribution < 1.29 is 9.59 Å². The smallest absolute Gasteiger partial charge is 0.246 e. The Kier molecular flexibility index (Phi) is 6.46. The molecule has 0 aliphatic heterocycles. The summed E-state index contributed by atoms with van der Waals surface area (Å²) in [6.45, 7) is 3.18. The van der Waals surface area contributed by atoms with Gasteiger partial charge in [0.1, 0.15) is 6.04 Å². The van der Waals surface area contributed by atoms with Gasteiger partial charge in [-0.05, 0) is 49.4 Å². The lowest BCUT2D eigenvalue weighted by Gasteiger charge is -2.17. The van der Waals surface area contributed by atoms with Gasteiger partial charge in [0.15, 0.2) is 0 Å². The van der Waals surface area contributed by atoms with E-state index < -0.39 is 6.04 Å². The maximum atomic E-state index is 12.4. The number of nitrogens with zero attached hydrogens (tertiary/aromatic N) is 1. The van der Waals surface area contributed by atoms with Crippen LogP contribution in [0.4, 0.5) is 22.7 Å². The van der Waals surface area contributed by atoms with Gasteiger partial charge in [0, 0.05) is 38.1 Å². The van der Waals surface area contributed by atoms with Crippen molar-refractivity contribution in [2.24, 2.45) is 0 Å². The third kappa shape index (κ3) is 5.39. The van der Waals surface area contributed by atoms with Crippen molar-refractivity contribution in [2.45, 2.75) is 19.9 Å². The Balaban J connectivity index is 1.98. The van der Waals surface area contributed by atoms with E-state index in [1.807, 2.05) is 43.3 Å². The molecule has 0 saturated heterocycles. The Hall–Kier alpha value is -2.73. The van der Waals surface area contributed by atoms with Crippen LogP contribution in [0.25, 0.3) is 0 Å². The molecular weight excluding hydrogens is 352 g/mol. The van der Waals surface area contributed by atoms with Gasteiger partial charge in [-0.15, -0.1) is 0 Å². The third-order valence-corrected chi connectivity index (χ3v) is 4.02. The van der Waals surface area contributed by atoms with Gasteiger partial charge in [-0.25, -0.2) is 0 Å². The number of amides is 2. The number of anilines is 4. The van der Waals surface area contributed by atoms with Crippen molar-refractivity contribution in [3.05, 3.63) is 47.5 Å². The predicted octanol–water partition coefficient (Wildman–Crippen LogP) is 3.80. The second-order valence-corrected chi connectivity index (χ2v) is 6.58. The van der Waals surface area contributed by atoms with E-state index in [0.717, 1.165) is 11.4 Å². The molecule has 0 unspecified atom stereocenters. The quantitative estimate of drug-likeness (QED) is 0.719. The molecule has 26 heavy (non-hydrogen) atoms. The van der Waals surface area contributed by atoms with Crippen molar-refractivity contribution in [3.8, 4) is 0 Å². The molecule has 0 bridgehead atoms. The number of carbonyl (C=O) groups is 2. The molecule has 0 heterocycles. The average Bonchev–Trinajstić information content (AvgIpc) is 2.57. The summed E-state index contributed by atoms with van der Waals surface area (Å²) in [5.74, 6) is -0.356. The van der Waals surface area contributed by atoms with E-state index in [1.54, 1.807) is 25.1 Å². The summed E-state index contributed by atoms with van der Waals surface area (Å²) in [6, 6.07) is 12.2. The van der Waals surface area contributed by atoms with E-state index in [0.29, 0.717) is 16.4 Å². The molecular formula is C19H23ClN4O2. The molecule has 0 aliphatic rings. The summed E-state index contributed by atoms with van der Waals surface area (Å²) in [5, 5.41) is 9.01. The van der Waals surface area contributed by atoms with Gasteiger partial charge in [0.05, 0.1) is 10.7 Å². The average molecular weight is 375 g/mol. The third-order valence-electron chi connectivity index (χ3n) is 3.71. The van der Waals surface area contributed by atoms with Crippen LogP contribution in [0.3, 0.4) is 0 Å². The number of halogens is 1. The van der Waals surface area contributed by atoms with Crippen LogP contribution in [0.15, 0.2) is 42.5 Å². The fourth-order valence-electron chi connectivity index (χ4n) is 2.30. The molecule has 3 N–H and O–H groups in total. The molecule has 7 heteroatoms. The van der Waals surface area contributed by atoms with Crippen molar-refractivity contribution in [2.75, 3.05) is 34.9 Å². The number of nitrogens with one attached hydrogen (secondary N) is 3. The van der Waals surface area contributed by atoms with Crippen LogP contribution in [0.2, 0.25) is 5.02 Å². The van der Waals surface area contributed by atoms with Gasteiger partial charge in [-0.3, -0.25) is 9.59 Å². The van der Waals surface area contributed by atoms with Gasteiger partial charge in [-0.1, -0.05) is 11.6 Å². The Morgan fingerprint density at radius 1 is 1.00 bits per heavy atom. The van der Waals surface area contributed by atoms with Gasteiger partial charge >= 0.3 is 0 Å². The van der Waals surface area contributed by atoms with Gasteiger partial charge in [0.25, 0.3) is 0 Å². The molecule has 2 amide bonds. The summed E-state index contributed by atoms with van der Waals surface area (Å²) in [4.78, 5) is 25.5. The first kappa shape index (κ1) is 19.6. The summed E-state index contributed by atoms with van der Waals surface area (Å²) >= 11 is 6.15. The minimum Gasteiger partial charge on any atom is -0.378 e. The lowest BCUT2D eigenvalue weighted by molar-refractivity contribution is -0.116. The highest BCUT2D eigenvalue weighted by atomic mass is 35.5. The van der Waals surface area contributed by atoms with E-state index in [1.165, 1.54) is 6.92 Å². The largest absolute Gasteiger partial charge is 0.378 e. The first-order valence-corrected chi connectivity index (χ1v) is 8.56. The van der Waals surface area contributed by atoms with Crippen LogP contribution in [-0.2, 0) is 9.59 Å². The van der Waals surface area contributed by atoms with Crippen molar-refractivity contribution in [1.82, 2.24) is 0 Å². The van der Waals surface area contributed by atoms with Gasteiger partial charge < -0.3 is 20.9 Å². The highest BCUT2D eigenvalue weighted by Crippen LogP contribution is 2.26. The normalized spacial score (nSPS) is 11.4. The van der Waals surface area contributed by atoms with Crippen molar-refractivity contribution in [3.63, 3.8) is 0 Å². The molecule has 2 aromatic rings. The summed E-state index contributed by atoms with van der Waals surface area (Å²) < 4.78 is 0. The zero-order valence-electron chi connectivity index (χ0n) is 15.3. The van der Waals surface area contributed by atoms with Crippen LogP contribution < -0.4 is 20.9 Å². The molecule has 2 rings (SSSR count). The van der Waals surface area contributed by atoms with Crippen LogP contribution in [0.1, 0.15) is 13.8 Å². The second kappa shape index (κ2) is 8.58. The summed E-state index contributed by atoms with van der Waals surface area (Å²) in [7, 11) is 3.92. The topological polar surface area (TPSA) is 73.5 Å². The van der Waals surface area contributed by atoms with E-state index >= 15 is 0 Å². The van der Waals surface area contributed by atoms with Gasteiger partial charge in [0.2, 0.25) is 11.8 Å². The lowest BCUT2D eigenvalue weighted by atomic mass is 10.2. The minimum atomic E-state index is -0.466. The van der Waals surface area contributed by atoms with E-state index in [2.05, 4.69) is 16.0 Å². The molecule has 0 saturated carbocycles. The summed E-state index contributed by atoms with van der Waals surface area (Å²) in [5.41, 5.74) is 3.01. The zero-order valence-corrected chi connectivity index (χ0v) is 16.0. The molecule has 0 aliphatic carbocycles. The molecule has 0 radical (unpaired) electrons. The van der Waals surface area contributed by atoms with Crippen LogP contribution >= 0.6 is 11.6 Å². The van der Waals surface area contributed by atoms with Crippen molar-refractivity contribution in [1.29, 1.82) is 0 Å². The molecule has 0 fully saturated rings. The minimum absolute atomic E-state index is 0.162. The zero-order chi connectivity index (χ0) is 19.3. The lowest BCUT2D eigenvalue weighted by Crippen LogP contribution is -2.31. The van der Waals surface area contributed by atoms with E-state index in [9.17, 15) is 9.59 Å². The molecule has 0 aromatic heterocycles. The Bertz CT molecular complexity index is 791. The number of hydrogen-bond donors (Lipinski definition) is 3. The molecule has 2 aromatic carbocycles. The Morgan fingerprint density at radius 2 is 1.62 bits per heavy atom. The summed E-state index contributed by atoms with van der Waals surface area (Å²) in [6.07, 6.45) is 0. The molecule has 0 spiro atoms. The van der Waals surface area contributed by atoms with Crippen LogP contribution in [0, 0.1) is 0 Å². The number of carbonyl (C=O) groups excluding carboxylic acids is 2. The first-order valence-electron chi connectivity index (χ1n) is 8.18. The highest BCUT2D eigenvalue weighted by Gasteiger charge is 2.14. The SMILES string of the molecule is CC(=O)Nc1ccc(N[C@H](C)C(=O)Nc2ccc(N(C)C)cc2)cc1Cl. The molecule has 1 atom stereocenters. The molecule has 6 nitrogen and oxygen atoms in total. The fraction of sp³-hybridized carbons (Fsp3) is 0.263. The monoisotopic (exact) mass is 374 g/mol. The van der Waals surface area contributed by atoms with E-state index in [4.69, 9.17) is 11.6 Å². The fourth-order valence-corrected chi connectivity index (χ4v) is 2.53. The second-order valence-electron chi connectivity index (χ2n) is 6.17. The maximum absolute atomic E-state index is 12.4.